The van der Waals surface area contributed by atoms with E-state index in [2.05, 4.69) is 24.3 Å². The number of carbonyl (C=O) groups is 4. The quantitative estimate of drug-likeness (QED) is 0.176. The van der Waals surface area contributed by atoms with Crippen LogP contribution in [0.3, 0.4) is 0 Å². The van der Waals surface area contributed by atoms with Crippen molar-refractivity contribution in [1.29, 1.82) is 0 Å². The van der Waals surface area contributed by atoms with Crippen molar-refractivity contribution in [1.82, 2.24) is 0 Å². The van der Waals surface area contributed by atoms with E-state index in [1.54, 1.807) is 29.2 Å². The fourth-order valence-electron chi connectivity index (χ4n) is 8.00. The van der Waals surface area contributed by atoms with E-state index in [0.29, 0.717) is 11.4 Å². The number of aryl methyl sites for hydroxylation is 2. The van der Waals surface area contributed by atoms with Gasteiger partial charge in [-0.3, -0.25) is 19.2 Å². The summed E-state index contributed by atoms with van der Waals surface area (Å²) < 4.78 is 5.67. The number of ether oxygens (including phenoxy) is 1. The highest BCUT2D eigenvalue weighted by atomic mass is 16.5. The molecule has 2 saturated heterocycles. The van der Waals surface area contributed by atoms with Crippen LogP contribution in [-0.4, -0.2) is 30.2 Å². The summed E-state index contributed by atoms with van der Waals surface area (Å²) in [4.78, 5) is 56.8. The number of carbonyl (C=O) groups excluding carboxylic acids is 4. The molecule has 2 fully saturated rings. The van der Waals surface area contributed by atoms with Gasteiger partial charge in [0, 0.05) is 30.5 Å². The van der Waals surface area contributed by atoms with Crippen molar-refractivity contribution in [3.63, 3.8) is 0 Å². The number of benzene rings is 4. The van der Waals surface area contributed by atoms with Crippen LogP contribution in [0.2, 0.25) is 0 Å². The number of nitrogens with zero attached hydrogens (tertiary/aromatic N) is 2. The van der Waals surface area contributed by atoms with Crippen LogP contribution < -0.4 is 14.5 Å². The molecule has 5 aliphatic rings. The van der Waals surface area contributed by atoms with Crippen LogP contribution in [0.15, 0.2) is 91.0 Å². The molecular weight excluding hydrogens is 552 g/mol. The van der Waals surface area contributed by atoms with Crippen LogP contribution in [0, 0.1) is 31.6 Å². The summed E-state index contributed by atoms with van der Waals surface area (Å²) in [6.45, 7) is 4.21. The van der Waals surface area contributed by atoms with Gasteiger partial charge in [0.05, 0.1) is 23.4 Å². The van der Waals surface area contributed by atoms with E-state index in [1.165, 1.54) is 4.90 Å². The Balaban J connectivity index is 1.02. The predicted molar refractivity (Wildman–Crippen MR) is 164 cm³/mol. The van der Waals surface area contributed by atoms with Crippen molar-refractivity contribution >= 4 is 35.1 Å². The lowest BCUT2D eigenvalue weighted by atomic mass is 9.55. The number of imide groups is 1. The van der Waals surface area contributed by atoms with Gasteiger partial charge in [-0.05, 0) is 72.0 Å². The Hall–Kier alpha value is -5.04. The summed E-state index contributed by atoms with van der Waals surface area (Å²) in [5.41, 5.74) is 7.87. The highest BCUT2D eigenvalue weighted by molar-refractivity contribution is 6.23. The van der Waals surface area contributed by atoms with Crippen molar-refractivity contribution in [2.75, 3.05) is 16.3 Å². The van der Waals surface area contributed by atoms with Gasteiger partial charge in [-0.15, -0.1) is 0 Å². The van der Waals surface area contributed by atoms with Gasteiger partial charge in [0.25, 0.3) is 0 Å². The first-order chi connectivity index (χ1) is 21.3. The Labute approximate surface area is 255 Å². The molecule has 0 spiro atoms. The molecule has 218 valence electrons. The SMILES string of the molecule is Cc1ccc(N2C[C@H](C(=O)Oc3ccc(N4C(=O)[C@H]5C6c7ccccc7C(c7ccccc76)[C@@H]5C4=O)cc3)CC2=O)c(C)c1. The Bertz CT molecular complexity index is 1780. The van der Waals surface area contributed by atoms with Gasteiger partial charge in [-0.25, -0.2) is 4.90 Å². The van der Waals surface area contributed by atoms with Crippen molar-refractivity contribution in [2.24, 2.45) is 17.8 Å². The van der Waals surface area contributed by atoms with Gasteiger partial charge in [0.15, 0.2) is 0 Å². The van der Waals surface area contributed by atoms with Crippen LogP contribution >= 0.6 is 0 Å². The fourth-order valence-corrected chi connectivity index (χ4v) is 8.00. The minimum absolute atomic E-state index is 0.0803. The van der Waals surface area contributed by atoms with E-state index in [1.807, 2.05) is 56.3 Å². The molecule has 0 unspecified atom stereocenters. The van der Waals surface area contributed by atoms with Gasteiger partial charge in [-0.1, -0.05) is 66.2 Å². The van der Waals surface area contributed by atoms with Crippen molar-refractivity contribution in [2.45, 2.75) is 32.1 Å². The number of esters is 1. The normalized spacial score (nSPS) is 24.8. The van der Waals surface area contributed by atoms with Crippen molar-refractivity contribution < 1.29 is 23.9 Å². The lowest BCUT2D eigenvalue weighted by molar-refractivity contribution is -0.139. The second-order valence-corrected chi connectivity index (χ2v) is 12.4. The minimum Gasteiger partial charge on any atom is -0.426 e. The molecule has 0 aromatic heterocycles. The van der Waals surface area contributed by atoms with Crippen LogP contribution in [0.4, 0.5) is 11.4 Å². The largest absolute Gasteiger partial charge is 0.426 e. The lowest BCUT2D eigenvalue weighted by Gasteiger charge is -2.45. The molecule has 2 heterocycles. The molecule has 0 saturated carbocycles. The third kappa shape index (κ3) is 3.81. The maximum absolute atomic E-state index is 14.0. The van der Waals surface area contributed by atoms with E-state index < -0.39 is 23.7 Å². The number of hydrogen-bond donors (Lipinski definition) is 0. The second-order valence-electron chi connectivity index (χ2n) is 12.4. The number of hydrogen-bond acceptors (Lipinski definition) is 5. The molecule has 3 amide bonds. The zero-order valence-corrected chi connectivity index (χ0v) is 24.4. The topological polar surface area (TPSA) is 84.0 Å². The first kappa shape index (κ1) is 26.6. The molecule has 3 atom stereocenters. The molecule has 0 N–H and O–H groups in total. The summed E-state index contributed by atoms with van der Waals surface area (Å²) in [7, 11) is 0. The third-order valence-corrected chi connectivity index (χ3v) is 9.86. The molecule has 9 rings (SSSR count). The van der Waals surface area contributed by atoms with Crippen molar-refractivity contribution in [3.05, 3.63) is 124 Å². The molecule has 2 aliphatic heterocycles. The van der Waals surface area contributed by atoms with Gasteiger partial charge in [-0.2, -0.15) is 0 Å². The van der Waals surface area contributed by atoms with Crippen LogP contribution in [0.5, 0.6) is 5.75 Å². The van der Waals surface area contributed by atoms with Crippen LogP contribution in [-0.2, 0) is 19.2 Å². The predicted octanol–water partition coefficient (Wildman–Crippen LogP) is 5.66. The van der Waals surface area contributed by atoms with Gasteiger partial charge in [0.1, 0.15) is 5.75 Å². The molecule has 4 aromatic carbocycles. The summed E-state index contributed by atoms with van der Waals surface area (Å²) in [6, 6.07) is 28.7. The van der Waals surface area contributed by atoms with Crippen molar-refractivity contribution in [3.8, 4) is 5.75 Å². The van der Waals surface area contributed by atoms with E-state index in [4.69, 9.17) is 4.74 Å². The zero-order valence-electron chi connectivity index (χ0n) is 24.4. The standard InChI is InChI=1S/C37H30N2O5/c1-20-11-16-29(21(2)17-20)38-19-22(18-30(38)40)37(43)44-24-14-12-23(13-15-24)39-35(41)33-31-25-7-3-4-8-26(25)32(34(33)36(39)42)28-10-6-5-9-27(28)31/h3-17,22,31-34H,18-19H2,1-2H3/t22-,31?,32?,33+,34+/m1/s1. The molecule has 7 nitrogen and oxygen atoms in total. The molecule has 3 aliphatic carbocycles. The maximum Gasteiger partial charge on any atom is 0.316 e. The van der Waals surface area contributed by atoms with Gasteiger partial charge in [0.2, 0.25) is 17.7 Å². The fraction of sp³-hybridized carbons (Fsp3) is 0.243. The van der Waals surface area contributed by atoms with Gasteiger partial charge >= 0.3 is 5.97 Å². The molecular formula is C37H30N2O5. The molecule has 2 bridgehead atoms. The Morgan fingerprint density at radius 3 is 1.80 bits per heavy atom. The highest BCUT2D eigenvalue weighted by Crippen LogP contribution is 2.61. The summed E-state index contributed by atoms with van der Waals surface area (Å²) in [5.74, 6) is -2.54. The Kier molecular flexibility index (Phi) is 5.88. The molecule has 7 heteroatoms. The minimum atomic E-state index is -0.591. The van der Waals surface area contributed by atoms with E-state index in [0.717, 1.165) is 39.1 Å². The summed E-state index contributed by atoms with van der Waals surface area (Å²) in [6.07, 6.45) is 0.0803. The first-order valence-electron chi connectivity index (χ1n) is 15.1. The van der Waals surface area contributed by atoms with E-state index in [-0.39, 0.29) is 42.5 Å². The summed E-state index contributed by atoms with van der Waals surface area (Å²) in [5, 5.41) is 0. The first-order valence-corrected chi connectivity index (χ1v) is 15.1. The number of rotatable bonds is 4. The summed E-state index contributed by atoms with van der Waals surface area (Å²) >= 11 is 0. The number of anilines is 2. The maximum atomic E-state index is 14.0. The molecule has 4 aromatic rings. The van der Waals surface area contributed by atoms with Crippen LogP contribution in [0.1, 0.15) is 51.6 Å². The lowest BCUT2D eigenvalue weighted by Crippen LogP contribution is -2.41. The van der Waals surface area contributed by atoms with E-state index in [9.17, 15) is 19.2 Å². The monoisotopic (exact) mass is 582 g/mol. The highest BCUT2D eigenvalue weighted by Gasteiger charge is 2.61. The molecule has 44 heavy (non-hydrogen) atoms. The molecule has 0 radical (unpaired) electrons. The Morgan fingerprint density at radius 1 is 0.727 bits per heavy atom. The smallest absolute Gasteiger partial charge is 0.316 e. The van der Waals surface area contributed by atoms with E-state index >= 15 is 0 Å². The van der Waals surface area contributed by atoms with Gasteiger partial charge < -0.3 is 9.64 Å². The van der Waals surface area contributed by atoms with Crippen LogP contribution in [0.25, 0.3) is 0 Å². The zero-order chi connectivity index (χ0) is 30.3. The average molecular weight is 583 g/mol. The average Bonchev–Trinajstić information content (AvgIpc) is 3.54. The Morgan fingerprint density at radius 2 is 1.27 bits per heavy atom. The second kappa shape index (κ2) is 9.74. The third-order valence-electron chi connectivity index (χ3n) is 9.86. The number of amides is 3.